The average Bonchev–Trinajstić information content (AvgIpc) is 2.86. The molecule has 3 aromatic heterocycles. The number of aromatic nitrogens is 6. The number of nitrogens with two attached hydrogens (primary N) is 2. The van der Waals surface area contributed by atoms with Crippen molar-refractivity contribution < 1.29 is 4.63 Å². The van der Waals surface area contributed by atoms with Crippen molar-refractivity contribution in [3.8, 4) is 0 Å². The third-order valence-corrected chi connectivity index (χ3v) is 3.42. The zero-order valence-electron chi connectivity index (χ0n) is 9.72. The molecule has 0 spiro atoms. The highest BCUT2D eigenvalue weighted by atomic mass is 15.6. The number of nitrogen functional groups attached to an aromatic ring is 2. The van der Waals surface area contributed by atoms with Crippen LogP contribution in [0.2, 0.25) is 0 Å². The number of hydrogen-bond acceptors (Lipinski definition) is 5. The molecule has 0 fully saturated rings. The van der Waals surface area contributed by atoms with Crippen molar-refractivity contribution in [1.82, 2.24) is 24.8 Å². The normalized spacial score (nSPS) is 15.3. The first kappa shape index (κ1) is 9.63. The summed E-state index contributed by atoms with van der Waals surface area (Å²) in [5.41, 5.74) is 15.1. The summed E-state index contributed by atoms with van der Waals surface area (Å²) in [5, 5.41) is 7.78. The van der Waals surface area contributed by atoms with Crippen LogP contribution in [0.25, 0.3) is 11.2 Å². The lowest BCUT2D eigenvalue weighted by Gasteiger charge is -2.02. The van der Waals surface area contributed by atoms with Crippen LogP contribution in [0.1, 0.15) is 24.2 Å². The van der Waals surface area contributed by atoms with Gasteiger partial charge in [-0.25, -0.2) is 0 Å². The summed E-state index contributed by atoms with van der Waals surface area (Å²) in [6.07, 6.45) is 4.44. The van der Waals surface area contributed by atoms with Crippen molar-refractivity contribution >= 4 is 22.9 Å². The van der Waals surface area contributed by atoms with Crippen molar-refractivity contribution in [2.45, 2.75) is 25.7 Å². The lowest BCUT2D eigenvalue weighted by Crippen LogP contribution is -2.33. The molecule has 0 amide bonds. The second-order valence-corrected chi connectivity index (χ2v) is 4.58. The molecule has 8 nitrogen and oxygen atoms in total. The molecule has 8 heteroatoms. The highest BCUT2D eigenvalue weighted by molar-refractivity contribution is 5.81. The predicted octanol–water partition coefficient (Wildman–Crippen LogP) is -0.766. The van der Waals surface area contributed by atoms with Crippen molar-refractivity contribution in [3.05, 3.63) is 11.4 Å². The minimum atomic E-state index is 0.162. The number of rotatable bonds is 0. The van der Waals surface area contributed by atoms with Crippen LogP contribution in [0.4, 0.5) is 11.8 Å². The number of H-pyrrole nitrogens is 1. The van der Waals surface area contributed by atoms with Gasteiger partial charge in [0.1, 0.15) is 0 Å². The fourth-order valence-electron chi connectivity index (χ4n) is 2.59. The number of fused-ring (bicyclic) bond motifs is 5. The molecule has 5 N–H and O–H groups in total. The van der Waals surface area contributed by atoms with Crippen molar-refractivity contribution in [3.63, 3.8) is 0 Å². The van der Waals surface area contributed by atoms with Gasteiger partial charge in [0.05, 0.1) is 0 Å². The Labute approximate surface area is 102 Å². The molecule has 0 aliphatic heterocycles. The lowest BCUT2D eigenvalue weighted by atomic mass is 10.0. The van der Waals surface area contributed by atoms with Gasteiger partial charge in [0, 0.05) is 12.8 Å². The average molecular weight is 245 g/mol. The second kappa shape index (κ2) is 3.09. The van der Waals surface area contributed by atoms with Gasteiger partial charge < -0.3 is 11.5 Å². The van der Waals surface area contributed by atoms with E-state index in [1.165, 1.54) is 24.2 Å². The van der Waals surface area contributed by atoms with Gasteiger partial charge in [-0.1, -0.05) is 0 Å². The summed E-state index contributed by atoms with van der Waals surface area (Å²) in [6.45, 7) is 0. The molecular weight excluding hydrogens is 232 g/mol. The highest BCUT2D eigenvalue weighted by Crippen LogP contribution is 2.19. The fraction of sp³-hybridized carbons (Fsp3) is 0.400. The first-order valence-electron chi connectivity index (χ1n) is 5.97. The fourth-order valence-corrected chi connectivity index (χ4v) is 2.59. The number of nitrogens with one attached hydrogen (secondary N) is 1. The molecule has 0 radical (unpaired) electrons. The highest BCUT2D eigenvalue weighted by Gasteiger charge is 2.27. The summed E-state index contributed by atoms with van der Waals surface area (Å²) in [6, 6.07) is 0. The molecule has 0 aromatic carbocycles. The van der Waals surface area contributed by atoms with Crippen LogP contribution < -0.4 is 16.1 Å². The van der Waals surface area contributed by atoms with Gasteiger partial charge in [0.15, 0.2) is 11.5 Å². The standard InChI is InChI=1S/C10H12N8/c11-8-7-9(14-10(12)13-8)18-15-5-3-1-2-4-6(5)17(18)16-7/h15H,1-4H2,(H3,11,12,13)/p+1. The minimum absolute atomic E-state index is 0.162. The SMILES string of the molecule is Nc1nc(N)c2n[n+]3c4c([nH]n3c2n1)CCCC4. The van der Waals surface area contributed by atoms with E-state index in [0.717, 1.165) is 12.8 Å². The monoisotopic (exact) mass is 245 g/mol. The van der Waals surface area contributed by atoms with Crippen LogP contribution in [-0.4, -0.2) is 24.8 Å². The van der Waals surface area contributed by atoms with Gasteiger partial charge in [-0.2, -0.15) is 15.1 Å². The van der Waals surface area contributed by atoms with Crippen molar-refractivity contribution in [2.75, 3.05) is 11.5 Å². The van der Waals surface area contributed by atoms with Gasteiger partial charge >= 0.3 is 0 Å². The molecular formula is C10H13N8+. The van der Waals surface area contributed by atoms with Crippen LogP contribution in [0.15, 0.2) is 0 Å². The molecule has 3 aromatic rings. The van der Waals surface area contributed by atoms with Crippen molar-refractivity contribution in [1.29, 1.82) is 0 Å². The van der Waals surface area contributed by atoms with Crippen LogP contribution in [0.3, 0.4) is 0 Å². The smallest absolute Gasteiger partial charge is 0.252 e. The zero-order chi connectivity index (χ0) is 12.3. The van der Waals surface area contributed by atoms with Crippen LogP contribution in [-0.2, 0) is 12.8 Å². The molecule has 1 aliphatic carbocycles. The summed E-state index contributed by atoms with van der Waals surface area (Å²) in [4.78, 5) is 8.13. The number of hydrogen-bond donors (Lipinski definition) is 3. The van der Waals surface area contributed by atoms with Crippen LogP contribution in [0, 0.1) is 0 Å². The minimum Gasteiger partial charge on any atom is -0.382 e. The second-order valence-electron chi connectivity index (χ2n) is 4.58. The molecule has 0 atom stereocenters. The predicted molar refractivity (Wildman–Crippen MR) is 63.8 cm³/mol. The molecule has 4 rings (SSSR count). The molecule has 1 aliphatic rings. The van der Waals surface area contributed by atoms with E-state index in [1.54, 1.807) is 4.63 Å². The Morgan fingerprint density at radius 1 is 1.17 bits per heavy atom. The van der Waals surface area contributed by atoms with E-state index in [-0.39, 0.29) is 5.95 Å². The Balaban J connectivity index is 2.15. The summed E-state index contributed by atoms with van der Waals surface area (Å²) in [7, 11) is 0. The largest absolute Gasteiger partial charge is 0.382 e. The Morgan fingerprint density at radius 2 is 2.00 bits per heavy atom. The van der Waals surface area contributed by atoms with E-state index in [1.807, 2.05) is 4.63 Å². The molecule has 3 heterocycles. The van der Waals surface area contributed by atoms with Crippen LogP contribution >= 0.6 is 0 Å². The Morgan fingerprint density at radius 3 is 2.89 bits per heavy atom. The number of nitrogens with zero attached hydrogens (tertiary/aromatic N) is 5. The summed E-state index contributed by atoms with van der Waals surface area (Å²) >= 11 is 0. The zero-order valence-corrected chi connectivity index (χ0v) is 9.72. The number of aromatic amines is 1. The third-order valence-electron chi connectivity index (χ3n) is 3.42. The van der Waals surface area contributed by atoms with E-state index >= 15 is 0 Å². The van der Waals surface area contributed by atoms with Gasteiger partial charge in [0.25, 0.3) is 5.65 Å². The summed E-state index contributed by atoms with van der Waals surface area (Å²) in [5.74, 6) is 0.474. The van der Waals surface area contributed by atoms with E-state index < -0.39 is 0 Å². The van der Waals surface area contributed by atoms with Crippen LogP contribution in [0.5, 0.6) is 0 Å². The van der Waals surface area contributed by atoms with Crippen molar-refractivity contribution in [2.24, 2.45) is 0 Å². The maximum atomic E-state index is 5.82. The van der Waals surface area contributed by atoms with Gasteiger partial charge in [0.2, 0.25) is 17.2 Å². The van der Waals surface area contributed by atoms with Gasteiger partial charge in [-0.05, 0) is 27.2 Å². The van der Waals surface area contributed by atoms with Gasteiger partial charge in [-0.15, -0.1) is 0 Å². The van der Waals surface area contributed by atoms with E-state index in [9.17, 15) is 0 Å². The Kier molecular flexibility index (Phi) is 1.65. The molecule has 0 saturated carbocycles. The third kappa shape index (κ3) is 1.09. The topological polar surface area (TPSA) is 115 Å². The molecule has 0 saturated heterocycles. The quantitative estimate of drug-likeness (QED) is 0.450. The molecule has 18 heavy (non-hydrogen) atoms. The first-order valence-corrected chi connectivity index (χ1v) is 5.97. The van der Waals surface area contributed by atoms with E-state index in [0.29, 0.717) is 17.0 Å². The Bertz CT molecular complexity index is 767. The van der Waals surface area contributed by atoms with E-state index in [4.69, 9.17) is 11.5 Å². The summed E-state index contributed by atoms with van der Waals surface area (Å²) < 4.78 is 3.61. The molecule has 92 valence electrons. The molecule has 0 unspecified atom stereocenters. The van der Waals surface area contributed by atoms with Gasteiger partial charge in [-0.3, -0.25) is 0 Å². The number of aryl methyl sites for hydroxylation is 2. The number of anilines is 2. The first-order chi connectivity index (χ1) is 8.74. The maximum absolute atomic E-state index is 5.82. The molecule has 0 bridgehead atoms. The van der Waals surface area contributed by atoms with E-state index in [2.05, 4.69) is 20.2 Å². The maximum Gasteiger partial charge on any atom is 0.252 e. The lowest BCUT2D eigenvalue weighted by molar-refractivity contribution is -0.681. The Hall–Kier alpha value is -2.38.